The van der Waals surface area contributed by atoms with Crippen molar-refractivity contribution in [1.82, 2.24) is 9.80 Å². The molecule has 4 nitrogen and oxygen atoms in total. The zero-order valence-corrected chi connectivity index (χ0v) is 10.1. The maximum atomic E-state index is 9.63. The first-order chi connectivity index (χ1) is 7.13. The summed E-state index contributed by atoms with van der Waals surface area (Å²) in [5.74, 6) is 0. The van der Waals surface area contributed by atoms with Gasteiger partial charge in [-0.3, -0.25) is 0 Å². The number of piperidine rings is 1. The molecule has 4 heteroatoms. The van der Waals surface area contributed by atoms with Crippen LogP contribution in [0.4, 0.5) is 0 Å². The normalized spacial score (nSPS) is 22.2. The fourth-order valence-corrected chi connectivity index (χ4v) is 2.16. The monoisotopic (exact) mass is 216 g/mol. The van der Waals surface area contributed by atoms with Crippen molar-refractivity contribution in [1.29, 1.82) is 0 Å². The largest absolute Gasteiger partial charge is 0.389 e. The zero-order chi connectivity index (χ0) is 11.3. The van der Waals surface area contributed by atoms with Crippen LogP contribution in [-0.2, 0) is 4.74 Å². The van der Waals surface area contributed by atoms with Gasteiger partial charge in [0, 0.05) is 19.7 Å². The molecule has 0 aromatic rings. The van der Waals surface area contributed by atoms with Gasteiger partial charge in [0.05, 0.1) is 12.7 Å². The van der Waals surface area contributed by atoms with E-state index in [4.69, 9.17) is 4.74 Å². The lowest BCUT2D eigenvalue weighted by molar-refractivity contribution is 0.0263. The molecule has 1 saturated heterocycles. The van der Waals surface area contributed by atoms with Crippen molar-refractivity contribution < 1.29 is 9.84 Å². The molecule has 1 aliphatic rings. The van der Waals surface area contributed by atoms with E-state index in [2.05, 4.69) is 23.9 Å². The molecule has 1 fully saturated rings. The van der Waals surface area contributed by atoms with Crippen LogP contribution in [-0.4, -0.2) is 74.5 Å². The Labute approximate surface area is 92.8 Å². The van der Waals surface area contributed by atoms with Crippen molar-refractivity contribution in [2.24, 2.45) is 0 Å². The Bertz CT molecular complexity index is 170. The number of ether oxygens (including phenoxy) is 1. The molecule has 1 heterocycles. The minimum atomic E-state index is -0.361. The second-order valence-corrected chi connectivity index (χ2v) is 4.58. The van der Waals surface area contributed by atoms with E-state index in [1.54, 1.807) is 7.11 Å². The van der Waals surface area contributed by atoms with Crippen LogP contribution in [0, 0.1) is 0 Å². The Balaban J connectivity index is 2.24. The standard InChI is InChI=1S/C11H24N2O2/c1-12-6-4-10(5-7-12)13(2)8-11(14)9-15-3/h10-11,14H,4-9H2,1-3H3. The van der Waals surface area contributed by atoms with Crippen LogP contribution in [0.25, 0.3) is 0 Å². The molecule has 0 bridgehead atoms. The van der Waals surface area contributed by atoms with Gasteiger partial charge in [-0.05, 0) is 40.0 Å². The lowest BCUT2D eigenvalue weighted by Crippen LogP contribution is -2.45. The number of likely N-dealkylation sites (N-methyl/N-ethyl adjacent to an activating group) is 1. The third-order valence-electron chi connectivity index (χ3n) is 3.17. The molecular formula is C11H24N2O2. The summed E-state index contributed by atoms with van der Waals surface area (Å²) in [6.07, 6.45) is 2.04. The predicted molar refractivity (Wildman–Crippen MR) is 61.0 cm³/mol. The van der Waals surface area contributed by atoms with E-state index in [-0.39, 0.29) is 6.10 Å². The fraction of sp³-hybridized carbons (Fsp3) is 1.00. The molecule has 1 N–H and O–H groups in total. The van der Waals surface area contributed by atoms with E-state index in [1.165, 1.54) is 12.8 Å². The first-order valence-electron chi connectivity index (χ1n) is 5.69. The molecule has 15 heavy (non-hydrogen) atoms. The highest BCUT2D eigenvalue weighted by Gasteiger charge is 2.21. The number of aliphatic hydroxyl groups is 1. The maximum absolute atomic E-state index is 9.63. The first kappa shape index (κ1) is 12.9. The van der Waals surface area contributed by atoms with Crippen molar-refractivity contribution in [2.75, 3.05) is 47.4 Å². The second-order valence-electron chi connectivity index (χ2n) is 4.58. The summed E-state index contributed by atoms with van der Waals surface area (Å²) >= 11 is 0. The Kier molecular flexibility index (Phi) is 5.53. The number of likely N-dealkylation sites (tertiary alicyclic amines) is 1. The molecule has 0 radical (unpaired) electrons. The zero-order valence-electron chi connectivity index (χ0n) is 10.1. The van der Waals surface area contributed by atoms with Crippen LogP contribution in [0.1, 0.15) is 12.8 Å². The molecule has 1 rings (SSSR count). The van der Waals surface area contributed by atoms with E-state index in [1.807, 2.05) is 0 Å². The molecule has 0 spiro atoms. The molecular weight excluding hydrogens is 192 g/mol. The van der Waals surface area contributed by atoms with Gasteiger partial charge in [0.1, 0.15) is 0 Å². The SMILES string of the molecule is COCC(O)CN(C)C1CCN(C)CC1. The van der Waals surface area contributed by atoms with Gasteiger partial charge in [0.15, 0.2) is 0 Å². The summed E-state index contributed by atoms with van der Waals surface area (Å²) in [6.45, 7) is 3.46. The summed E-state index contributed by atoms with van der Waals surface area (Å²) in [4.78, 5) is 4.62. The van der Waals surface area contributed by atoms with E-state index >= 15 is 0 Å². The Morgan fingerprint density at radius 3 is 2.60 bits per heavy atom. The van der Waals surface area contributed by atoms with Crippen LogP contribution in [0.3, 0.4) is 0 Å². The van der Waals surface area contributed by atoms with Crippen LogP contribution < -0.4 is 0 Å². The average Bonchev–Trinajstić information content (AvgIpc) is 2.18. The highest BCUT2D eigenvalue weighted by Crippen LogP contribution is 2.14. The number of methoxy groups -OCH3 is 1. The van der Waals surface area contributed by atoms with Crippen LogP contribution in [0.15, 0.2) is 0 Å². The molecule has 0 aromatic heterocycles. The molecule has 1 unspecified atom stereocenters. The van der Waals surface area contributed by atoms with Gasteiger partial charge in [-0.2, -0.15) is 0 Å². The van der Waals surface area contributed by atoms with E-state index in [9.17, 15) is 5.11 Å². The lowest BCUT2D eigenvalue weighted by Gasteiger charge is -2.35. The van der Waals surface area contributed by atoms with Crippen LogP contribution in [0.2, 0.25) is 0 Å². The maximum Gasteiger partial charge on any atom is 0.0900 e. The van der Waals surface area contributed by atoms with Gasteiger partial charge in [-0.15, -0.1) is 0 Å². The molecule has 1 atom stereocenters. The molecule has 90 valence electrons. The fourth-order valence-electron chi connectivity index (χ4n) is 2.16. The number of aliphatic hydroxyl groups excluding tert-OH is 1. The van der Waals surface area contributed by atoms with Gasteiger partial charge in [0.2, 0.25) is 0 Å². The summed E-state index contributed by atoms with van der Waals surface area (Å²) in [5.41, 5.74) is 0. The van der Waals surface area contributed by atoms with Gasteiger partial charge >= 0.3 is 0 Å². The van der Waals surface area contributed by atoms with Crippen LogP contribution in [0.5, 0.6) is 0 Å². The smallest absolute Gasteiger partial charge is 0.0900 e. The summed E-state index contributed by atoms with van der Waals surface area (Å²) in [7, 11) is 5.88. The van der Waals surface area contributed by atoms with Crippen molar-refractivity contribution in [3.05, 3.63) is 0 Å². The molecule has 0 aromatic carbocycles. The van der Waals surface area contributed by atoms with Gasteiger partial charge < -0.3 is 19.6 Å². The summed E-state index contributed by atoms with van der Waals surface area (Å²) < 4.78 is 4.92. The van der Waals surface area contributed by atoms with Crippen molar-refractivity contribution in [2.45, 2.75) is 25.0 Å². The van der Waals surface area contributed by atoms with Gasteiger partial charge in [0.25, 0.3) is 0 Å². The molecule has 0 amide bonds. The Hall–Kier alpha value is -0.160. The minimum Gasteiger partial charge on any atom is -0.389 e. The Morgan fingerprint density at radius 1 is 1.47 bits per heavy atom. The van der Waals surface area contributed by atoms with Crippen molar-refractivity contribution in [3.8, 4) is 0 Å². The third-order valence-corrected chi connectivity index (χ3v) is 3.17. The molecule has 0 aliphatic carbocycles. The van der Waals surface area contributed by atoms with Crippen LogP contribution >= 0.6 is 0 Å². The number of hydrogen-bond acceptors (Lipinski definition) is 4. The van der Waals surface area contributed by atoms with Crippen molar-refractivity contribution in [3.63, 3.8) is 0 Å². The summed E-state index contributed by atoms with van der Waals surface area (Å²) in [6, 6.07) is 0.618. The summed E-state index contributed by atoms with van der Waals surface area (Å²) in [5, 5.41) is 9.63. The van der Waals surface area contributed by atoms with Crippen molar-refractivity contribution >= 4 is 0 Å². The van der Waals surface area contributed by atoms with E-state index in [0.29, 0.717) is 19.2 Å². The highest BCUT2D eigenvalue weighted by molar-refractivity contribution is 4.78. The predicted octanol–water partition coefficient (Wildman–Crippen LogP) is 0.0197. The average molecular weight is 216 g/mol. The quantitative estimate of drug-likeness (QED) is 0.703. The number of nitrogens with zero attached hydrogens (tertiary/aromatic N) is 2. The van der Waals surface area contributed by atoms with E-state index in [0.717, 1.165) is 13.1 Å². The third kappa shape index (κ3) is 4.47. The van der Waals surface area contributed by atoms with Gasteiger partial charge in [-0.25, -0.2) is 0 Å². The number of hydrogen-bond donors (Lipinski definition) is 1. The molecule has 1 aliphatic heterocycles. The number of rotatable bonds is 5. The molecule has 0 saturated carbocycles. The highest BCUT2D eigenvalue weighted by atomic mass is 16.5. The van der Waals surface area contributed by atoms with E-state index < -0.39 is 0 Å². The van der Waals surface area contributed by atoms with Gasteiger partial charge in [-0.1, -0.05) is 0 Å². The minimum absolute atomic E-state index is 0.361. The second kappa shape index (κ2) is 6.43. The topological polar surface area (TPSA) is 35.9 Å². The Morgan fingerprint density at radius 2 is 2.07 bits per heavy atom. The first-order valence-corrected chi connectivity index (χ1v) is 5.69. The lowest BCUT2D eigenvalue weighted by atomic mass is 10.0.